The lowest BCUT2D eigenvalue weighted by atomic mass is 10.0. The lowest BCUT2D eigenvalue weighted by Gasteiger charge is -2.34. The minimum absolute atomic E-state index is 0.0429. The van der Waals surface area contributed by atoms with Crippen molar-refractivity contribution in [3.8, 4) is 5.75 Å². The van der Waals surface area contributed by atoms with Gasteiger partial charge in [-0.1, -0.05) is 85.1 Å². The molecule has 1 saturated carbocycles. The zero-order chi connectivity index (χ0) is 34.8. The number of nitrogens with zero attached hydrogens (tertiary/aromatic N) is 2. The third-order valence-electron chi connectivity index (χ3n) is 8.81. The van der Waals surface area contributed by atoms with E-state index in [0.29, 0.717) is 12.4 Å². The normalized spacial score (nSPS) is 13.9. The van der Waals surface area contributed by atoms with E-state index < -0.39 is 28.5 Å². The SMILES string of the molecule is CCOc1ccccc1N(CC(=O)N(Cc1ccc(C)cc1)[C@H](Cc1ccccc1)C(=O)NC1CCCC1)S(=O)(=O)c1ccc(SC)cc1. The quantitative estimate of drug-likeness (QED) is 0.134. The highest BCUT2D eigenvalue weighted by atomic mass is 32.2. The highest BCUT2D eigenvalue weighted by Crippen LogP contribution is 2.33. The molecule has 4 aromatic rings. The van der Waals surface area contributed by atoms with Gasteiger partial charge in [-0.15, -0.1) is 11.8 Å². The molecule has 1 fully saturated rings. The van der Waals surface area contributed by atoms with E-state index in [0.717, 1.165) is 51.6 Å². The van der Waals surface area contributed by atoms with E-state index in [4.69, 9.17) is 4.74 Å². The summed E-state index contributed by atoms with van der Waals surface area (Å²) in [6, 6.07) is 30.0. The molecule has 8 nitrogen and oxygen atoms in total. The molecule has 258 valence electrons. The van der Waals surface area contributed by atoms with Crippen LogP contribution in [0.1, 0.15) is 49.3 Å². The molecule has 1 N–H and O–H groups in total. The summed E-state index contributed by atoms with van der Waals surface area (Å²) in [5.41, 5.74) is 3.05. The number of aryl methyl sites for hydroxylation is 1. The minimum Gasteiger partial charge on any atom is -0.492 e. The van der Waals surface area contributed by atoms with Crippen LogP contribution in [0.4, 0.5) is 5.69 Å². The number of rotatable bonds is 15. The van der Waals surface area contributed by atoms with Crippen LogP contribution in [0.2, 0.25) is 0 Å². The van der Waals surface area contributed by atoms with Crippen LogP contribution >= 0.6 is 11.8 Å². The zero-order valence-corrected chi connectivity index (χ0v) is 30.0. The van der Waals surface area contributed by atoms with E-state index in [9.17, 15) is 18.0 Å². The Hall–Kier alpha value is -4.28. The van der Waals surface area contributed by atoms with Crippen molar-refractivity contribution in [3.05, 3.63) is 120 Å². The Balaban J connectivity index is 1.59. The van der Waals surface area contributed by atoms with Crippen molar-refractivity contribution in [2.24, 2.45) is 0 Å². The summed E-state index contributed by atoms with van der Waals surface area (Å²) < 4.78 is 36.0. The smallest absolute Gasteiger partial charge is 0.264 e. The lowest BCUT2D eigenvalue weighted by molar-refractivity contribution is -0.140. The lowest BCUT2D eigenvalue weighted by Crippen LogP contribution is -2.54. The van der Waals surface area contributed by atoms with Crippen molar-refractivity contribution in [3.63, 3.8) is 0 Å². The molecule has 0 heterocycles. The first-order valence-corrected chi connectivity index (χ1v) is 19.4. The maximum absolute atomic E-state index is 14.8. The number of benzene rings is 4. The average molecular weight is 700 g/mol. The summed E-state index contributed by atoms with van der Waals surface area (Å²) in [4.78, 5) is 31.5. The number of para-hydroxylation sites is 2. The van der Waals surface area contributed by atoms with Gasteiger partial charge in [-0.25, -0.2) is 8.42 Å². The van der Waals surface area contributed by atoms with Crippen molar-refractivity contribution < 1.29 is 22.7 Å². The van der Waals surface area contributed by atoms with Gasteiger partial charge in [-0.3, -0.25) is 13.9 Å². The number of ether oxygens (including phenoxy) is 1. The molecule has 1 aliphatic rings. The van der Waals surface area contributed by atoms with Gasteiger partial charge in [0.05, 0.1) is 17.2 Å². The zero-order valence-electron chi connectivity index (χ0n) is 28.4. The van der Waals surface area contributed by atoms with Gasteiger partial charge in [-0.2, -0.15) is 0 Å². The van der Waals surface area contributed by atoms with Crippen LogP contribution in [0.25, 0.3) is 0 Å². The molecule has 0 unspecified atom stereocenters. The number of thioether (sulfide) groups is 1. The van der Waals surface area contributed by atoms with Crippen LogP contribution in [0.3, 0.4) is 0 Å². The minimum atomic E-state index is -4.25. The van der Waals surface area contributed by atoms with Crippen molar-refractivity contribution in [2.75, 3.05) is 23.7 Å². The fourth-order valence-corrected chi connectivity index (χ4v) is 7.97. The van der Waals surface area contributed by atoms with Gasteiger partial charge in [0.25, 0.3) is 10.0 Å². The second-order valence-corrected chi connectivity index (χ2v) is 15.0. The second kappa shape index (κ2) is 16.9. The molecule has 4 aromatic carbocycles. The summed E-state index contributed by atoms with van der Waals surface area (Å²) >= 11 is 1.51. The fraction of sp³-hybridized carbons (Fsp3) is 0.333. The third kappa shape index (κ3) is 9.25. The first-order valence-electron chi connectivity index (χ1n) is 16.8. The van der Waals surface area contributed by atoms with Gasteiger partial charge in [0.2, 0.25) is 11.8 Å². The highest BCUT2D eigenvalue weighted by Gasteiger charge is 2.36. The Morgan fingerprint density at radius 3 is 2.18 bits per heavy atom. The van der Waals surface area contributed by atoms with Crippen LogP contribution in [-0.2, 0) is 32.6 Å². The molecular formula is C39H45N3O5S2. The fourth-order valence-electron chi connectivity index (χ4n) is 6.14. The van der Waals surface area contributed by atoms with Crippen LogP contribution in [0.5, 0.6) is 5.75 Å². The molecule has 0 radical (unpaired) electrons. The van der Waals surface area contributed by atoms with E-state index in [1.165, 1.54) is 11.8 Å². The molecular weight excluding hydrogens is 655 g/mol. The second-order valence-electron chi connectivity index (χ2n) is 12.3. The number of carbonyl (C=O) groups is 2. The van der Waals surface area contributed by atoms with Gasteiger partial charge in [-0.05, 0) is 80.5 Å². The number of hydrogen-bond acceptors (Lipinski definition) is 6. The van der Waals surface area contributed by atoms with Crippen molar-refractivity contribution >= 4 is 39.3 Å². The molecule has 0 aliphatic heterocycles. The molecule has 10 heteroatoms. The van der Waals surface area contributed by atoms with Crippen LogP contribution < -0.4 is 14.4 Å². The summed E-state index contributed by atoms with van der Waals surface area (Å²) in [7, 11) is -4.25. The van der Waals surface area contributed by atoms with Gasteiger partial charge in [0.1, 0.15) is 18.3 Å². The number of carbonyl (C=O) groups excluding carboxylic acids is 2. The Labute approximate surface area is 294 Å². The Bertz CT molecular complexity index is 1790. The van der Waals surface area contributed by atoms with Gasteiger partial charge >= 0.3 is 0 Å². The van der Waals surface area contributed by atoms with Gasteiger partial charge in [0, 0.05) is 23.9 Å². The largest absolute Gasteiger partial charge is 0.492 e. The van der Waals surface area contributed by atoms with Crippen molar-refractivity contribution in [1.82, 2.24) is 10.2 Å². The molecule has 0 saturated heterocycles. The van der Waals surface area contributed by atoms with E-state index in [1.807, 2.05) is 74.7 Å². The first kappa shape index (κ1) is 36.0. The number of anilines is 1. The van der Waals surface area contributed by atoms with E-state index in [1.54, 1.807) is 53.4 Å². The number of amides is 2. The molecule has 0 aromatic heterocycles. The predicted molar refractivity (Wildman–Crippen MR) is 196 cm³/mol. The Morgan fingerprint density at radius 2 is 1.53 bits per heavy atom. The Morgan fingerprint density at radius 1 is 0.878 bits per heavy atom. The molecule has 5 rings (SSSR count). The van der Waals surface area contributed by atoms with Crippen LogP contribution in [0, 0.1) is 6.92 Å². The highest BCUT2D eigenvalue weighted by molar-refractivity contribution is 7.98. The molecule has 2 amide bonds. The predicted octanol–water partition coefficient (Wildman–Crippen LogP) is 7.01. The molecule has 1 aliphatic carbocycles. The molecule has 0 bridgehead atoms. The Kier molecular flexibility index (Phi) is 12.4. The number of hydrogen-bond donors (Lipinski definition) is 1. The monoisotopic (exact) mass is 699 g/mol. The maximum Gasteiger partial charge on any atom is 0.264 e. The van der Waals surface area contributed by atoms with Gasteiger partial charge in [0.15, 0.2) is 0 Å². The van der Waals surface area contributed by atoms with E-state index in [-0.39, 0.29) is 35.5 Å². The first-order chi connectivity index (χ1) is 23.7. The molecule has 1 atom stereocenters. The van der Waals surface area contributed by atoms with E-state index >= 15 is 0 Å². The van der Waals surface area contributed by atoms with E-state index in [2.05, 4.69) is 5.32 Å². The summed E-state index contributed by atoms with van der Waals surface area (Å²) in [5, 5.41) is 3.22. The van der Waals surface area contributed by atoms with Crippen molar-refractivity contribution in [1.29, 1.82) is 0 Å². The molecule has 49 heavy (non-hydrogen) atoms. The number of nitrogens with one attached hydrogen (secondary N) is 1. The summed E-state index contributed by atoms with van der Waals surface area (Å²) in [6.07, 6.45) is 6.07. The third-order valence-corrected chi connectivity index (χ3v) is 11.3. The van der Waals surface area contributed by atoms with Crippen LogP contribution in [-0.4, -0.2) is 56.6 Å². The standard InChI is InChI=1S/C39H45N3O5S2/c1-4-47-37-17-11-10-16-35(37)42(49(45,46)34-24-22-33(48-3)23-25-34)28-38(43)41(27-31-20-18-29(2)19-21-31)36(26-30-12-6-5-7-13-30)39(44)40-32-14-8-9-15-32/h5-7,10-13,16-25,32,36H,4,8-9,14-15,26-28H2,1-3H3,(H,40,44)/t36-/m1/s1. The molecule has 0 spiro atoms. The summed E-state index contributed by atoms with van der Waals surface area (Å²) in [6.45, 7) is 3.70. The topological polar surface area (TPSA) is 96.0 Å². The maximum atomic E-state index is 14.8. The summed E-state index contributed by atoms with van der Waals surface area (Å²) in [5.74, 6) is -0.404. The van der Waals surface area contributed by atoms with Crippen LogP contribution in [0.15, 0.2) is 113 Å². The number of sulfonamides is 1. The van der Waals surface area contributed by atoms with Gasteiger partial charge < -0.3 is 15.0 Å². The average Bonchev–Trinajstić information content (AvgIpc) is 3.63. The van der Waals surface area contributed by atoms with Crippen molar-refractivity contribution in [2.45, 2.75) is 74.4 Å².